The molecular formula is C13H16Cl2N2O3. The van der Waals surface area contributed by atoms with Crippen molar-refractivity contribution in [1.29, 1.82) is 0 Å². The molecule has 0 heterocycles. The third-order valence-corrected chi connectivity index (χ3v) is 3.51. The maximum absolute atomic E-state index is 12.0. The molecule has 0 bridgehead atoms. The highest BCUT2D eigenvalue weighted by Gasteiger charge is 2.19. The fourth-order valence-electron chi connectivity index (χ4n) is 1.68. The molecule has 0 spiro atoms. The molecule has 1 unspecified atom stereocenters. The Morgan fingerprint density at radius 3 is 2.55 bits per heavy atom. The second kappa shape index (κ2) is 7.47. The van der Waals surface area contributed by atoms with Gasteiger partial charge in [0.2, 0.25) is 5.91 Å². The van der Waals surface area contributed by atoms with Crippen LogP contribution >= 0.6 is 23.2 Å². The number of rotatable bonds is 6. The Balaban J connectivity index is 2.60. The van der Waals surface area contributed by atoms with Crippen LogP contribution < -0.4 is 5.73 Å². The van der Waals surface area contributed by atoms with Gasteiger partial charge in [-0.15, -0.1) is 0 Å². The Morgan fingerprint density at radius 1 is 1.35 bits per heavy atom. The van der Waals surface area contributed by atoms with Crippen LogP contribution in [-0.4, -0.2) is 35.0 Å². The first-order chi connectivity index (χ1) is 9.31. The van der Waals surface area contributed by atoms with Gasteiger partial charge in [-0.3, -0.25) is 9.59 Å². The molecular weight excluding hydrogens is 303 g/mol. The number of likely N-dealkylation sites (N-methyl/N-ethyl adjacent to an activating group) is 1. The number of carbonyl (C=O) groups is 2. The number of hydrogen-bond acceptors (Lipinski definition) is 3. The highest BCUT2D eigenvalue weighted by molar-refractivity contribution is 6.42. The third-order valence-electron chi connectivity index (χ3n) is 2.77. The minimum absolute atomic E-state index is 0.111. The van der Waals surface area contributed by atoms with E-state index >= 15 is 0 Å². The van der Waals surface area contributed by atoms with E-state index in [4.69, 9.17) is 34.0 Å². The number of amides is 1. The van der Waals surface area contributed by atoms with Gasteiger partial charge in [-0.1, -0.05) is 29.3 Å². The Bertz CT molecular complexity index is 508. The molecule has 0 aliphatic heterocycles. The largest absolute Gasteiger partial charge is 0.481 e. The summed E-state index contributed by atoms with van der Waals surface area (Å²) < 4.78 is 0. The number of carboxylic acids is 1. The van der Waals surface area contributed by atoms with Crippen molar-refractivity contribution in [2.75, 3.05) is 7.05 Å². The number of halogens is 2. The average Bonchev–Trinajstić information content (AvgIpc) is 2.39. The normalized spacial score (nSPS) is 12.0. The summed E-state index contributed by atoms with van der Waals surface area (Å²) in [5.41, 5.74) is 6.49. The summed E-state index contributed by atoms with van der Waals surface area (Å²) in [7, 11) is 1.60. The lowest BCUT2D eigenvalue weighted by Crippen LogP contribution is -2.41. The maximum Gasteiger partial charge on any atom is 0.303 e. The van der Waals surface area contributed by atoms with Gasteiger partial charge < -0.3 is 15.7 Å². The zero-order chi connectivity index (χ0) is 15.3. The molecule has 0 saturated carbocycles. The van der Waals surface area contributed by atoms with Gasteiger partial charge in [-0.25, -0.2) is 0 Å². The molecule has 0 saturated heterocycles. The topological polar surface area (TPSA) is 83.6 Å². The van der Waals surface area contributed by atoms with Crippen molar-refractivity contribution in [1.82, 2.24) is 4.90 Å². The van der Waals surface area contributed by atoms with E-state index in [1.54, 1.807) is 25.2 Å². The van der Waals surface area contributed by atoms with Gasteiger partial charge in [-0.2, -0.15) is 0 Å². The van der Waals surface area contributed by atoms with Crippen molar-refractivity contribution < 1.29 is 14.7 Å². The van der Waals surface area contributed by atoms with E-state index in [-0.39, 0.29) is 18.7 Å². The Labute approximate surface area is 127 Å². The van der Waals surface area contributed by atoms with E-state index in [1.807, 2.05) is 0 Å². The quantitative estimate of drug-likeness (QED) is 0.841. The highest BCUT2D eigenvalue weighted by Crippen LogP contribution is 2.23. The van der Waals surface area contributed by atoms with Crippen molar-refractivity contribution in [3.8, 4) is 0 Å². The molecule has 110 valence electrons. The van der Waals surface area contributed by atoms with E-state index in [9.17, 15) is 9.59 Å². The van der Waals surface area contributed by atoms with Crippen molar-refractivity contribution in [3.63, 3.8) is 0 Å². The number of nitrogens with zero attached hydrogens (tertiary/aromatic N) is 1. The summed E-state index contributed by atoms with van der Waals surface area (Å²) in [5, 5.41) is 9.43. The van der Waals surface area contributed by atoms with Crippen LogP contribution in [-0.2, 0) is 16.1 Å². The molecule has 0 radical (unpaired) electrons. The van der Waals surface area contributed by atoms with Gasteiger partial charge in [0.25, 0.3) is 0 Å². The predicted octanol–water partition coefficient (Wildman–Crippen LogP) is 2.14. The zero-order valence-electron chi connectivity index (χ0n) is 11.0. The van der Waals surface area contributed by atoms with E-state index in [0.717, 1.165) is 5.56 Å². The summed E-state index contributed by atoms with van der Waals surface area (Å²) in [5.74, 6) is -1.28. The molecule has 0 aromatic heterocycles. The summed E-state index contributed by atoms with van der Waals surface area (Å²) in [6.07, 6.45) is -0.0204. The molecule has 1 rings (SSSR count). The number of nitrogens with two attached hydrogens (primary N) is 1. The lowest BCUT2D eigenvalue weighted by Gasteiger charge is -2.21. The molecule has 0 aliphatic rings. The van der Waals surface area contributed by atoms with Gasteiger partial charge >= 0.3 is 5.97 Å². The molecule has 7 heteroatoms. The second-order valence-electron chi connectivity index (χ2n) is 4.48. The van der Waals surface area contributed by atoms with Gasteiger partial charge in [0, 0.05) is 20.0 Å². The molecule has 1 atom stereocenters. The lowest BCUT2D eigenvalue weighted by atomic mass is 10.1. The number of carbonyl (C=O) groups excluding carboxylic acids is 1. The number of hydrogen-bond donors (Lipinski definition) is 2. The van der Waals surface area contributed by atoms with Crippen molar-refractivity contribution in [2.45, 2.75) is 25.4 Å². The van der Waals surface area contributed by atoms with Gasteiger partial charge in [0.15, 0.2) is 0 Å². The fraction of sp³-hybridized carbons (Fsp3) is 0.385. The molecule has 0 fully saturated rings. The van der Waals surface area contributed by atoms with Crippen LogP contribution in [0.1, 0.15) is 18.4 Å². The molecule has 20 heavy (non-hydrogen) atoms. The van der Waals surface area contributed by atoms with E-state index in [2.05, 4.69) is 0 Å². The van der Waals surface area contributed by atoms with Crippen LogP contribution in [0.15, 0.2) is 18.2 Å². The van der Waals surface area contributed by atoms with Gasteiger partial charge in [0.1, 0.15) is 0 Å². The van der Waals surface area contributed by atoms with E-state index in [0.29, 0.717) is 16.6 Å². The molecule has 1 amide bonds. The average molecular weight is 319 g/mol. The fourth-order valence-corrected chi connectivity index (χ4v) is 2.00. The summed E-state index contributed by atoms with van der Waals surface area (Å²) in [6.45, 7) is 0.330. The first-order valence-corrected chi connectivity index (χ1v) is 6.73. The van der Waals surface area contributed by atoms with Gasteiger partial charge in [-0.05, 0) is 24.1 Å². The van der Waals surface area contributed by atoms with E-state index < -0.39 is 12.0 Å². The maximum atomic E-state index is 12.0. The number of carboxylic acid groups (broad SMARTS) is 1. The first-order valence-electron chi connectivity index (χ1n) is 5.97. The van der Waals surface area contributed by atoms with Crippen molar-refractivity contribution >= 4 is 35.1 Å². The van der Waals surface area contributed by atoms with Crippen LogP contribution in [0, 0.1) is 0 Å². The SMILES string of the molecule is CN(Cc1ccc(Cl)c(Cl)c1)C(=O)C(N)CCC(=O)O. The Morgan fingerprint density at radius 2 is 2.00 bits per heavy atom. The third kappa shape index (κ3) is 5.00. The lowest BCUT2D eigenvalue weighted by molar-refractivity contribution is -0.137. The van der Waals surface area contributed by atoms with Gasteiger partial charge in [0.05, 0.1) is 16.1 Å². The molecule has 5 nitrogen and oxygen atoms in total. The van der Waals surface area contributed by atoms with Crippen LogP contribution in [0.25, 0.3) is 0 Å². The molecule has 0 aliphatic carbocycles. The van der Waals surface area contributed by atoms with Crippen LogP contribution in [0.3, 0.4) is 0 Å². The van der Waals surface area contributed by atoms with E-state index in [1.165, 1.54) is 4.90 Å². The minimum atomic E-state index is -0.972. The summed E-state index contributed by atoms with van der Waals surface area (Å²) in [4.78, 5) is 23.8. The molecule has 1 aromatic carbocycles. The summed E-state index contributed by atoms with van der Waals surface area (Å²) >= 11 is 11.7. The zero-order valence-corrected chi connectivity index (χ0v) is 12.5. The monoisotopic (exact) mass is 318 g/mol. The Kier molecular flexibility index (Phi) is 6.26. The van der Waals surface area contributed by atoms with Crippen molar-refractivity contribution in [2.24, 2.45) is 5.73 Å². The smallest absolute Gasteiger partial charge is 0.303 e. The Hall–Kier alpha value is -1.30. The predicted molar refractivity (Wildman–Crippen MR) is 77.8 cm³/mol. The standard InChI is InChI=1S/C13H16Cl2N2O3/c1-17(13(20)11(16)4-5-12(18)19)7-8-2-3-9(14)10(15)6-8/h2-3,6,11H,4-5,7,16H2,1H3,(H,18,19). The number of benzene rings is 1. The van der Waals surface area contributed by atoms with Crippen LogP contribution in [0.5, 0.6) is 0 Å². The van der Waals surface area contributed by atoms with Crippen molar-refractivity contribution in [3.05, 3.63) is 33.8 Å². The highest BCUT2D eigenvalue weighted by atomic mass is 35.5. The molecule has 1 aromatic rings. The minimum Gasteiger partial charge on any atom is -0.481 e. The second-order valence-corrected chi connectivity index (χ2v) is 5.30. The van der Waals surface area contributed by atoms with Crippen LogP contribution in [0.4, 0.5) is 0 Å². The molecule has 3 N–H and O–H groups in total. The number of aliphatic carboxylic acids is 1. The summed E-state index contributed by atoms with van der Waals surface area (Å²) in [6, 6.07) is 4.28. The van der Waals surface area contributed by atoms with Crippen LogP contribution in [0.2, 0.25) is 10.0 Å². The first kappa shape index (κ1) is 16.8.